The number of aryl methyl sites for hydroxylation is 2. The van der Waals surface area contributed by atoms with E-state index in [1.54, 1.807) is 16.6 Å². The normalized spacial score (nSPS) is 17.7. The van der Waals surface area contributed by atoms with E-state index in [9.17, 15) is 9.59 Å². The molecule has 2 aliphatic heterocycles. The van der Waals surface area contributed by atoms with Gasteiger partial charge < -0.3 is 10.2 Å². The number of amides is 2. The number of hydrogen-bond donors (Lipinski definition) is 1. The second-order valence-electron chi connectivity index (χ2n) is 7.32. The number of fused-ring (bicyclic) bond motifs is 2. The maximum absolute atomic E-state index is 13.5. The summed E-state index contributed by atoms with van der Waals surface area (Å²) in [5, 5.41) is 7.32. The van der Waals surface area contributed by atoms with Gasteiger partial charge in [-0.2, -0.15) is 5.10 Å². The zero-order chi connectivity index (χ0) is 19.8. The lowest BCUT2D eigenvalue weighted by atomic mass is 10.2. The van der Waals surface area contributed by atoms with Crippen molar-refractivity contribution in [2.75, 3.05) is 49.5 Å². The molecule has 2 aromatic rings. The van der Waals surface area contributed by atoms with Gasteiger partial charge in [-0.05, 0) is 25.6 Å². The van der Waals surface area contributed by atoms with Crippen molar-refractivity contribution in [2.45, 2.75) is 13.8 Å². The van der Waals surface area contributed by atoms with E-state index in [4.69, 9.17) is 0 Å². The summed E-state index contributed by atoms with van der Waals surface area (Å²) in [5.41, 5.74) is 2.95. The van der Waals surface area contributed by atoms with E-state index in [0.717, 1.165) is 32.7 Å². The first-order chi connectivity index (χ1) is 13.5. The van der Waals surface area contributed by atoms with Gasteiger partial charge in [-0.1, -0.05) is 19.1 Å². The average molecular weight is 382 g/mol. The molecule has 0 unspecified atom stereocenters. The molecular weight excluding hydrogens is 356 g/mol. The van der Waals surface area contributed by atoms with Gasteiger partial charge in [0.1, 0.15) is 5.69 Å². The number of carbonyl (C=O) groups excluding carboxylic acids is 2. The van der Waals surface area contributed by atoms with Gasteiger partial charge in [0.25, 0.3) is 5.91 Å². The van der Waals surface area contributed by atoms with Gasteiger partial charge in [0.05, 0.1) is 23.6 Å². The fraction of sp³-hybridized carbons (Fsp3) is 0.450. The van der Waals surface area contributed by atoms with Crippen LogP contribution in [0.2, 0.25) is 0 Å². The number of benzene rings is 1. The summed E-state index contributed by atoms with van der Waals surface area (Å²) in [7, 11) is 1.73. The number of piperazine rings is 1. The molecule has 2 amide bonds. The molecule has 0 aliphatic carbocycles. The summed E-state index contributed by atoms with van der Waals surface area (Å²) < 4.78 is 1.55. The predicted molar refractivity (Wildman–Crippen MR) is 108 cm³/mol. The van der Waals surface area contributed by atoms with Crippen molar-refractivity contribution < 1.29 is 9.59 Å². The summed E-state index contributed by atoms with van der Waals surface area (Å²) in [6.45, 7) is 9.01. The molecule has 0 saturated carbocycles. The third kappa shape index (κ3) is 3.18. The van der Waals surface area contributed by atoms with Crippen molar-refractivity contribution in [3.05, 3.63) is 35.7 Å². The molecule has 148 valence electrons. The summed E-state index contributed by atoms with van der Waals surface area (Å²) in [4.78, 5) is 32.5. The zero-order valence-electron chi connectivity index (χ0n) is 16.6. The maximum atomic E-state index is 13.5. The molecule has 0 atom stereocenters. The van der Waals surface area contributed by atoms with Crippen molar-refractivity contribution in [1.29, 1.82) is 0 Å². The lowest BCUT2D eigenvalue weighted by molar-refractivity contribution is -0.119. The Kier molecular flexibility index (Phi) is 4.91. The number of aromatic nitrogens is 2. The highest BCUT2D eigenvalue weighted by Gasteiger charge is 2.34. The number of hydrogen-bond acceptors (Lipinski definition) is 5. The molecule has 0 spiro atoms. The number of rotatable bonds is 3. The molecule has 8 nitrogen and oxygen atoms in total. The van der Waals surface area contributed by atoms with Crippen LogP contribution in [0.5, 0.6) is 0 Å². The monoisotopic (exact) mass is 382 g/mol. The van der Waals surface area contributed by atoms with E-state index < -0.39 is 0 Å². The first-order valence-corrected chi connectivity index (χ1v) is 9.71. The molecule has 8 heteroatoms. The molecular formula is C20H26N6O2. The first kappa shape index (κ1) is 18.6. The van der Waals surface area contributed by atoms with Gasteiger partial charge in [-0.25, -0.2) is 0 Å². The SMILES string of the molecule is CCN1CCN(CC(=O)N2c3ccccc3NC(=O)c3c2c(C)nn3C)CC1. The molecule has 4 rings (SSSR count). The highest BCUT2D eigenvalue weighted by molar-refractivity contribution is 6.17. The Balaban J connectivity index is 1.70. The van der Waals surface area contributed by atoms with Gasteiger partial charge in [0.15, 0.2) is 5.69 Å². The smallest absolute Gasteiger partial charge is 0.276 e. The fourth-order valence-electron chi connectivity index (χ4n) is 4.03. The first-order valence-electron chi connectivity index (χ1n) is 9.71. The van der Waals surface area contributed by atoms with Crippen LogP contribution in [0.3, 0.4) is 0 Å². The van der Waals surface area contributed by atoms with Crippen molar-refractivity contribution in [3.63, 3.8) is 0 Å². The summed E-state index contributed by atoms with van der Waals surface area (Å²) in [5.74, 6) is -0.302. The van der Waals surface area contributed by atoms with Crippen molar-refractivity contribution in [3.8, 4) is 0 Å². The summed E-state index contributed by atoms with van der Waals surface area (Å²) in [6.07, 6.45) is 0. The topological polar surface area (TPSA) is 73.7 Å². The van der Waals surface area contributed by atoms with Crippen LogP contribution in [0, 0.1) is 6.92 Å². The van der Waals surface area contributed by atoms with E-state index in [2.05, 4.69) is 27.1 Å². The highest BCUT2D eigenvalue weighted by atomic mass is 16.2. The molecule has 1 fully saturated rings. The molecule has 0 bridgehead atoms. The molecule has 1 saturated heterocycles. The largest absolute Gasteiger partial charge is 0.319 e. The zero-order valence-corrected chi connectivity index (χ0v) is 16.6. The van der Waals surface area contributed by atoms with Gasteiger partial charge in [-0.3, -0.25) is 24.1 Å². The highest BCUT2D eigenvalue weighted by Crippen LogP contribution is 2.39. The minimum Gasteiger partial charge on any atom is -0.319 e. The molecule has 1 aromatic carbocycles. The lowest BCUT2D eigenvalue weighted by Gasteiger charge is -2.34. The number of carbonyl (C=O) groups is 2. The summed E-state index contributed by atoms with van der Waals surface area (Å²) in [6, 6.07) is 7.42. The third-order valence-corrected chi connectivity index (χ3v) is 5.54. The van der Waals surface area contributed by atoms with Crippen LogP contribution >= 0.6 is 0 Å². The number of anilines is 3. The van der Waals surface area contributed by atoms with Crippen molar-refractivity contribution in [1.82, 2.24) is 19.6 Å². The molecule has 0 radical (unpaired) electrons. The van der Waals surface area contributed by atoms with E-state index in [1.807, 2.05) is 31.2 Å². The van der Waals surface area contributed by atoms with Crippen LogP contribution in [0.4, 0.5) is 17.1 Å². The van der Waals surface area contributed by atoms with Gasteiger partial charge in [-0.15, -0.1) is 0 Å². The van der Waals surface area contributed by atoms with Crippen LogP contribution in [-0.2, 0) is 11.8 Å². The molecule has 3 heterocycles. The van der Waals surface area contributed by atoms with Gasteiger partial charge >= 0.3 is 0 Å². The Morgan fingerprint density at radius 2 is 1.82 bits per heavy atom. The third-order valence-electron chi connectivity index (χ3n) is 5.54. The van der Waals surface area contributed by atoms with E-state index in [0.29, 0.717) is 35.0 Å². The van der Waals surface area contributed by atoms with Gasteiger partial charge in [0.2, 0.25) is 5.91 Å². The molecule has 1 aromatic heterocycles. The second-order valence-corrected chi connectivity index (χ2v) is 7.32. The van der Waals surface area contributed by atoms with E-state index in [-0.39, 0.29) is 11.8 Å². The lowest BCUT2D eigenvalue weighted by Crippen LogP contribution is -2.49. The Labute approximate surface area is 164 Å². The summed E-state index contributed by atoms with van der Waals surface area (Å²) >= 11 is 0. The molecule has 28 heavy (non-hydrogen) atoms. The van der Waals surface area contributed by atoms with Crippen LogP contribution in [-0.4, -0.2) is 70.7 Å². The van der Waals surface area contributed by atoms with Crippen molar-refractivity contribution in [2.24, 2.45) is 7.05 Å². The number of para-hydroxylation sites is 2. The average Bonchev–Trinajstić information content (AvgIpc) is 2.89. The fourth-order valence-corrected chi connectivity index (χ4v) is 4.03. The quantitative estimate of drug-likeness (QED) is 0.873. The van der Waals surface area contributed by atoms with Crippen molar-refractivity contribution >= 4 is 28.9 Å². The molecule has 1 N–H and O–H groups in total. The van der Waals surface area contributed by atoms with E-state index in [1.165, 1.54) is 0 Å². The number of nitrogens with one attached hydrogen (secondary N) is 1. The Bertz CT molecular complexity index is 913. The predicted octanol–water partition coefficient (Wildman–Crippen LogP) is 1.60. The Morgan fingerprint density at radius 3 is 2.54 bits per heavy atom. The Morgan fingerprint density at radius 1 is 1.14 bits per heavy atom. The van der Waals surface area contributed by atoms with Crippen LogP contribution in [0.1, 0.15) is 23.1 Å². The molecule has 2 aliphatic rings. The van der Waals surface area contributed by atoms with Crippen LogP contribution in [0.25, 0.3) is 0 Å². The maximum Gasteiger partial charge on any atom is 0.276 e. The minimum atomic E-state index is -0.252. The van der Waals surface area contributed by atoms with Crippen LogP contribution in [0.15, 0.2) is 24.3 Å². The second kappa shape index (κ2) is 7.37. The van der Waals surface area contributed by atoms with E-state index >= 15 is 0 Å². The standard InChI is InChI=1S/C20H26N6O2/c1-4-24-9-11-25(12-10-24)13-17(27)26-16-8-6-5-7-15(16)21-20(28)19-18(26)14(2)22-23(19)3/h5-8H,4,9-13H2,1-3H3,(H,21,28). The van der Waals surface area contributed by atoms with Crippen LogP contribution < -0.4 is 10.2 Å². The Hall–Kier alpha value is -2.71. The number of nitrogens with zero attached hydrogens (tertiary/aromatic N) is 5. The number of likely N-dealkylation sites (N-methyl/N-ethyl adjacent to an activating group) is 1. The van der Waals surface area contributed by atoms with Gasteiger partial charge in [0, 0.05) is 33.2 Å². The minimum absolute atomic E-state index is 0.0498.